The van der Waals surface area contributed by atoms with Gasteiger partial charge in [-0.3, -0.25) is 4.79 Å². The number of rotatable bonds is 3. The predicted octanol–water partition coefficient (Wildman–Crippen LogP) is 2.58. The van der Waals surface area contributed by atoms with Gasteiger partial charge in [-0.2, -0.15) is 0 Å². The second kappa shape index (κ2) is 4.72. The smallest absolute Gasteiger partial charge is 0.331 e. The number of carboxylic acids is 2. The first-order chi connectivity index (χ1) is 8.95. The molecule has 0 saturated carbocycles. The third-order valence-electron chi connectivity index (χ3n) is 3.42. The van der Waals surface area contributed by atoms with E-state index in [1.54, 1.807) is 13.0 Å². The molecule has 0 radical (unpaired) electrons. The average Bonchev–Trinajstić information content (AvgIpc) is 2.39. The summed E-state index contributed by atoms with van der Waals surface area (Å²) in [4.78, 5) is 22.6. The summed E-state index contributed by atoms with van der Waals surface area (Å²) in [6.07, 6.45) is 3.06. The molecule has 4 heteroatoms. The predicted molar refractivity (Wildman–Crippen MR) is 70.5 cm³/mol. The van der Waals surface area contributed by atoms with Crippen LogP contribution in [0.1, 0.15) is 18.9 Å². The maximum Gasteiger partial charge on any atom is 0.331 e. The molecule has 1 atom stereocenters. The Hall–Kier alpha value is -2.36. The van der Waals surface area contributed by atoms with Crippen LogP contribution in [0.5, 0.6) is 0 Å². The highest BCUT2D eigenvalue weighted by Gasteiger charge is 2.41. The molecular weight excluding hydrogens is 244 g/mol. The van der Waals surface area contributed by atoms with Crippen molar-refractivity contribution in [1.82, 2.24) is 0 Å². The number of benzene rings is 1. The lowest BCUT2D eigenvalue weighted by Gasteiger charge is -2.31. The molecule has 0 aromatic heterocycles. The maximum absolute atomic E-state index is 11.6. The second-order valence-corrected chi connectivity index (χ2v) is 4.76. The molecule has 0 heterocycles. The van der Waals surface area contributed by atoms with E-state index >= 15 is 0 Å². The topological polar surface area (TPSA) is 74.6 Å². The van der Waals surface area contributed by atoms with Crippen molar-refractivity contribution in [2.24, 2.45) is 5.41 Å². The molecule has 1 aliphatic carbocycles. The van der Waals surface area contributed by atoms with E-state index < -0.39 is 17.4 Å². The highest BCUT2D eigenvalue weighted by Crippen LogP contribution is 2.43. The minimum atomic E-state index is -1.22. The van der Waals surface area contributed by atoms with Gasteiger partial charge in [0.15, 0.2) is 0 Å². The summed E-state index contributed by atoms with van der Waals surface area (Å²) < 4.78 is 0. The Morgan fingerprint density at radius 2 is 1.74 bits per heavy atom. The molecule has 0 fully saturated rings. The zero-order valence-corrected chi connectivity index (χ0v) is 10.5. The summed E-state index contributed by atoms with van der Waals surface area (Å²) in [7, 11) is 0. The van der Waals surface area contributed by atoms with Gasteiger partial charge >= 0.3 is 11.9 Å². The third-order valence-corrected chi connectivity index (χ3v) is 3.42. The van der Waals surface area contributed by atoms with Gasteiger partial charge in [0.05, 0.1) is 5.41 Å². The van der Waals surface area contributed by atoms with E-state index in [1.807, 2.05) is 30.3 Å². The van der Waals surface area contributed by atoms with Crippen molar-refractivity contribution in [3.05, 3.63) is 53.6 Å². The third kappa shape index (κ3) is 2.29. The van der Waals surface area contributed by atoms with Crippen LogP contribution < -0.4 is 0 Å². The molecule has 2 rings (SSSR count). The van der Waals surface area contributed by atoms with Crippen LogP contribution in [0.25, 0.3) is 5.57 Å². The minimum Gasteiger partial charge on any atom is -0.481 e. The molecule has 4 nitrogen and oxygen atoms in total. The van der Waals surface area contributed by atoms with Gasteiger partial charge in [0.1, 0.15) is 0 Å². The number of allylic oxidation sites excluding steroid dienone is 2. The summed E-state index contributed by atoms with van der Waals surface area (Å²) in [6, 6.07) is 9.16. The zero-order chi connectivity index (χ0) is 14.0. The van der Waals surface area contributed by atoms with Crippen LogP contribution in [0, 0.1) is 5.41 Å². The summed E-state index contributed by atoms with van der Waals surface area (Å²) in [5, 5.41) is 18.5. The fourth-order valence-corrected chi connectivity index (χ4v) is 2.27. The van der Waals surface area contributed by atoms with Gasteiger partial charge in [0.2, 0.25) is 0 Å². The Balaban J connectivity index is 2.55. The van der Waals surface area contributed by atoms with Crippen LogP contribution in [-0.2, 0) is 9.59 Å². The van der Waals surface area contributed by atoms with Gasteiger partial charge in [-0.1, -0.05) is 42.5 Å². The first kappa shape index (κ1) is 13.1. The Morgan fingerprint density at radius 3 is 2.26 bits per heavy atom. The quantitative estimate of drug-likeness (QED) is 0.873. The molecule has 0 amide bonds. The van der Waals surface area contributed by atoms with Crippen LogP contribution in [0.15, 0.2) is 48.1 Å². The number of carbonyl (C=O) groups is 2. The minimum absolute atomic E-state index is 0.0155. The van der Waals surface area contributed by atoms with Gasteiger partial charge in [-0.25, -0.2) is 4.79 Å². The van der Waals surface area contributed by atoms with Crippen molar-refractivity contribution < 1.29 is 19.8 Å². The molecule has 98 valence electrons. The van der Waals surface area contributed by atoms with Crippen molar-refractivity contribution in [3.8, 4) is 0 Å². The summed E-state index contributed by atoms with van der Waals surface area (Å²) in [5.74, 6) is -2.09. The number of hydrogen-bond donors (Lipinski definition) is 2. The standard InChI is InChI=1S/C15H14O4/c1-15(14(18)19)9-11(13(16)17)7-8-12(15)10-5-3-2-4-6-10/h2-8H,9H2,1H3,(H,16,17)(H,18,19). The van der Waals surface area contributed by atoms with Gasteiger partial charge in [0, 0.05) is 5.57 Å². The van der Waals surface area contributed by atoms with Crippen LogP contribution in [-0.4, -0.2) is 22.2 Å². The van der Waals surface area contributed by atoms with Gasteiger partial charge in [-0.05, 0) is 24.5 Å². The van der Waals surface area contributed by atoms with Crippen molar-refractivity contribution in [1.29, 1.82) is 0 Å². The highest BCUT2D eigenvalue weighted by atomic mass is 16.4. The van der Waals surface area contributed by atoms with E-state index in [0.717, 1.165) is 5.56 Å². The monoisotopic (exact) mass is 258 g/mol. The highest BCUT2D eigenvalue weighted by molar-refractivity contribution is 5.98. The van der Waals surface area contributed by atoms with E-state index in [2.05, 4.69) is 0 Å². The Morgan fingerprint density at radius 1 is 1.11 bits per heavy atom. The SMILES string of the molecule is CC1(C(=O)O)CC(C(=O)O)=CC=C1c1ccccc1. The first-order valence-electron chi connectivity index (χ1n) is 5.88. The van der Waals surface area contributed by atoms with Crippen LogP contribution in [0.3, 0.4) is 0 Å². The molecule has 19 heavy (non-hydrogen) atoms. The lowest BCUT2D eigenvalue weighted by molar-refractivity contribution is -0.144. The van der Waals surface area contributed by atoms with Crippen LogP contribution in [0.4, 0.5) is 0 Å². The van der Waals surface area contributed by atoms with Gasteiger partial charge in [0.25, 0.3) is 0 Å². The maximum atomic E-state index is 11.6. The molecule has 1 unspecified atom stereocenters. The second-order valence-electron chi connectivity index (χ2n) is 4.76. The lowest BCUT2D eigenvalue weighted by Crippen LogP contribution is -2.32. The Kier molecular flexibility index (Phi) is 3.25. The fourth-order valence-electron chi connectivity index (χ4n) is 2.27. The van der Waals surface area contributed by atoms with Crippen LogP contribution >= 0.6 is 0 Å². The van der Waals surface area contributed by atoms with Crippen molar-refractivity contribution in [3.63, 3.8) is 0 Å². The molecule has 1 aliphatic rings. The molecule has 0 spiro atoms. The summed E-state index contributed by atoms with van der Waals surface area (Å²) >= 11 is 0. The van der Waals surface area contributed by atoms with Gasteiger partial charge < -0.3 is 10.2 Å². The van der Waals surface area contributed by atoms with E-state index in [9.17, 15) is 14.7 Å². The Labute approximate surface area is 110 Å². The van der Waals surface area contributed by atoms with Crippen molar-refractivity contribution in [2.45, 2.75) is 13.3 Å². The van der Waals surface area contributed by atoms with E-state index in [0.29, 0.717) is 5.57 Å². The normalized spacial score (nSPS) is 22.4. The number of carboxylic acid groups (broad SMARTS) is 2. The van der Waals surface area contributed by atoms with E-state index in [1.165, 1.54) is 6.08 Å². The number of aliphatic carboxylic acids is 2. The molecule has 0 saturated heterocycles. The summed E-state index contributed by atoms with van der Waals surface area (Å²) in [5.41, 5.74) is 0.326. The van der Waals surface area contributed by atoms with Gasteiger partial charge in [-0.15, -0.1) is 0 Å². The Bertz CT molecular complexity index is 583. The summed E-state index contributed by atoms with van der Waals surface area (Å²) in [6.45, 7) is 1.56. The van der Waals surface area contributed by atoms with Crippen molar-refractivity contribution in [2.75, 3.05) is 0 Å². The average molecular weight is 258 g/mol. The molecule has 0 aliphatic heterocycles. The molecule has 0 bridgehead atoms. The fraction of sp³-hybridized carbons (Fsp3) is 0.200. The van der Waals surface area contributed by atoms with Crippen molar-refractivity contribution >= 4 is 17.5 Å². The first-order valence-corrected chi connectivity index (χ1v) is 5.88. The largest absolute Gasteiger partial charge is 0.481 e. The van der Waals surface area contributed by atoms with E-state index in [-0.39, 0.29) is 12.0 Å². The van der Waals surface area contributed by atoms with E-state index in [4.69, 9.17) is 5.11 Å². The molecule has 1 aromatic carbocycles. The molecular formula is C15H14O4. The lowest BCUT2D eigenvalue weighted by atomic mass is 9.71. The zero-order valence-electron chi connectivity index (χ0n) is 10.5. The molecule has 1 aromatic rings. The van der Waals surface area contributed by atoms with Crippen LogP contribution in [0.2, 0.25) is 0 Å². The molecule has 2 N–H and O–H groups in total. The number of hydrogen-bond acceptors (Lipinski definition) is 2.